The van der Waals surface area contributed by atoms with E-state index in [-0.39, 0.29) is 0 Å². The Labute approximate surface area is 169 Å². The van der Waals surface area contributed by atoms with Gasteiger partial charge in [0.15, 0.2) is 0 Å². The van der Waals surface area contributed by atoms with Gasteiger partial charge in [-0.05, 0) is 91.3 Å². The maximum absolute atomic E-state index is 2.72. The summed E-state index contributed by atoms with van der Waals surface area (Å²) in [5, 5.41) is 0. The second-order valence-corrected chi connectivity index (χ2v) is 11.7. The Hall–Kier alpha value is -0.520. The molecule has 0 heterocycles. The Kier molecular flexibility index (Phi) is 5.41. The van der Waals surface area contributed by atoms with Crippen molar-refractivity contribution in [2.45, 2.75) is 98.8 Å². The van der Waals surface area contributed by atoms with Gasteiger partial charge >= 0.3 is 0 Å². The van der Waals surface area contributed by atoms with Crippen LogP contribution in [0.3, 0.4) is 0 Å². The zero-order valence-electron chi connectivity index (χ0n) is 18.8. The zero-order valence-corrected chi connectivity index (χ0v) is 18.8. The van der Waals surface area contributed by atoms with Crippen LogP contribution in [-0.4, -0.2) is 0 Å². The number of rotatable bonds is 5. The first-order chi connectivity index (χ1) is 12.9. The molecule has 0 saturated heterocycles. The number of hydrogen-bond donors (Lipinski definition) is 0. The van der Waals surface area contributed by atoms with Gasteiger partial charge in [-0.2, -0.15) is 0 Å². The fraction of sp³-hybridized carbons (Fsp3) is 0.852. The molecule has 7 atom stereocenters. The first-order valence-electron chi connectivity index (χ1n) is 12.2. The van der Waals surface area contributed by atoms with E-state index < -0.39 is 0 Å². The molecule has 4 rings (SSSR count). The van der Waals surface area contributed by atoms with Gasteiger partial charge in [-0.3, -0.25) is 0 Å². The van der Waals surface area contributed by atoms with E-state index in [4.69, 9.17) is 0 Å². The summed E-state index contributed by atoms with van der Waals surface area (Å²) in [6.07, 6.45) is 21.8. The van der Waals surface area contributed by atoms with Gasteiger partial charge in [0.25, 0.3) is 0 Å². The minimum atomic E-state index is 0.486. The summed E-state index contributed by atoms with van der Waals surface area (Å²) in [6, 6.07) is 0. The van der Waals surface area contributed by atoms with Gasteiger partial charge in [-0.25, -0.2) is 0 Å². The Balaban J connectivity index is 1.48. The molecule has 0 aromatic carbocycles. The highest BCUT2D eigenvalue weighted by molar-refractivity contribution is 5.30. The van der Waals surface area contributed by atoms with Crippen molar-refractivity contribution in [3.05, 3.63) is 23.8 Å². The third-order valence-electron chi connectivity index (χ3n) is 9.91. The molecule has 3 fully saturated rings. The van der Waals surface area contributed by atoms with Gasteiger partial charge in [-0.15, -0.1) is 0 Å². The van der Waals surface area contributed by atoms with Crippen LogP contribution in [0, 0.1) is 46.3 Å². The lowest BCUT2D eigenvalue weighted by Gasteiger charge is -2.58. The number of fused-ring (bicyclic) bond motifs is 5. The van der Waals surface area contributed by atoms with Gasteiger partial charge in [0.1, 0.15) is 0 Å². The Morgan fingerprint density at radius 3 is 2.59 bits per heavy atom. The van der Waals surface area contributed by atoms with Crippen molar-refractivity contribution < 1.29 is 0 Å². The summed E-state index contributed by atoms with van der Waals surface area (Å²) < 4.78 is 0. The minimum absolute atomic E-state index is 0.486. The fourth-order valence-corrected chi connectivity index (χ4v) is 8.40. The van der Waals surface area contributed by atoms with Crippen LogP contribution < -0.4 is 0 Å². The summed E-state index contributed by atoms with van der Waals surface area (Å²) in [5.74, 6) is 5.77. The predicted octanol–water partition coefficient (Wildman–Crippen LogP) is 8.19. The van der Waals surface area contributed by atoms with Crippen molar-refractivity contribution in [3.8, 4) is 0 Å². The number of allylic oxidation sites excluding steroid dienone is 4. The van der Waals surface area contributed by atoms with Crippen LogP contribution in [0.1, 0.15) is 98.8 Å². The molecule has 0 aliphatic heterocycles. The molecule has 152 valence electrons. The second-order valence-electron chi connectivity index (χ2n) is 11.7. The van der Waals surface area contributed by atoms with Gasteiger partial charge < -0.3 is 0 Å². The van der Waals surface area contributed by atoms with Gasteiger partial charge in [0, 0.05) is 0 Å². The van der Waals surface area contributed by atoms with E-state index >= 15 is 0 Å². The fourth-order valence-electron chi connectivity index (χ4n) is 8.40. The van der Waals surface area contributed by atoms with Crippen molar-refractivity contribution in [2.24, 2.45) is 46.3 Å². The third kappa shape index (κ3) is 3.28. The highest BCUT2D eigenvalue weighted by Gasteiger charge is 2.58. The first kappa shape index (κ1) is 19.8. The lowest BCUT2D eigenvalue weighted by Crippen LogP contribution is -2.50. The normalized spacial score (nSPS) is 44.4. The largest absolute Gasteiger partial charge is 0.0837 e. The molecule has 0 spiro atoms. The van der Waals surface area contributed by atoms with E-state index in [1.54, 1.807) is 5.57 Å². The number of hydrogen-bond acceptors (Lipinski definition) is 0. The van der Waals surface area contributed by atoms with E-state index in [1.165, 1.54) is 64.2 Å². The van der Waals surface area contributed by atoms with Crippen LogP contribution in [0.5, 0.6) is 0 Å². The van der Waals surface area contributed by atoms with Crippen molar-refractivity contribution in [3.63, 3.8) is 0 Å². The van der Waals surface area contributed by atoms with E-state index in [2.05, 4.69) is 52.8 Å². The molecule has 27 heavy (non-hydrogen) atoms. The average molecular weight is 369 g/mol. The molecule has 0 N–H and O–H groups in total. The average Bonchev–Trinajstić information content (AvgIpc) is 2.98. The molecule has 1 unspecified atom stereocenters. The molecule has 0 amide bonds. The summed E-state index contributed by atoms with van der Waals surface area (Å²) in [5.41, 5.74) is 2.91. The molecule has 0 bridgehead atoms. The standard InChI is InChI=1S/C27H44/c1-19(2)9-8-10-20(3)23-14-15-24-22-13-12-21-11-6-7-17-26(21,4)25(22)16-18-27(23,24)5/h6-7,11,19-20,22-25H,8-10,12-18H2,1-5H3/t20-,22+,23?,24+,25+,26+,27-/m1/s1. The smallest absolute Gasteiger partial charge is 0.00477 e. The first-order valence-corrected chi connectivity index (χ1v) is 12.2. The van der Waals surface area contributed by atoms with Crippen molar-refractivity contribution in [2.75, 3.05) is 0 Å². The van der Waals surface area contributed by atoms with E-state index in [0.717, 1.165) is 35.5 Å². The highest BCUT2D eigenvalue weighted by atomic mass is 14.6. The SMILES string of the molecule is CC(C)CCC[C@@H](C)C1CC[C@H]2[C@@H]3CCC4=CC=CC[C@]4(C)[C@H]3CC[C@]12C. The van der Waals surface area contributed by atoms with Crippen LogP contribution in [0.2, 0.25) is 0 Å². The monoisotopic (exact) mass is 368 g/mol. The summed E-state index contributed by atoms with van der Waals surface area (Å²) in [7, 11) is 0. The van der Waals surface area contributed by atoms with Crippen LogP contribution in [0.25, 0.3) is 0 Å². The molecule has 4 aliphatic rings. The Bertz CT molecular complexity index is 595. The van der Waals surface area contributed by atoms with Crippen LogP contribution >= 0.6 is 0 Å². The van der Waals surface area contributed by atoms with E-state index in [0.29, 0.717) is 10.8 Å². The highest BCUT2D eigenvalue weighted by Crippen LogP contribution is 2.67. The van der Waals surface area contributed by atoms with Crippen LogP contribution in [0.15, 0.2) is 23.8 Å². The molecular formula is C27H44. The van der Waals surface area contributed by atoms with Crippen LogP contribution in [-0.2, 0) is 0 Å². The lowest BCUT2D eigenvalue weighted by molar-refractivity contribution is -0.0547. The van der Waals surface area contributed by atoms with Crippen molar-refractivity contribution in [1.29, 1.82) is 0 Å². The van der Waals surface area contributed by atoms with E-state index in [1.807, 2.05) is 0 Å². The summed E-state index contributed by atoms with van der Waals surface area (Å²) in [4.78, 5) is 0. The van der Waals surface area contributed by atoms with Gasteiger partial charge in [-0.1, -0.05) is 77.7 Å². The Morgan fingerprint density at radius 1 is 1.00 bits per heavy atom. The molecule has 4 aliphatic carbocycles. The Morgan fingerprint density at radius 2 is 1.81 bits per heavy atom. The molecule has 0 radical (unpaired) electrons. The molecule has 0 heteroatoms. The lowest BCUT2D eigenvalue weighted by atomic mass is 9.47. The molecule has 3 saturated carbocycles. The molecule has 0 aromatic heterocycles. The molecular weight excluding hydrogens is 324 g/mol. The predicted molar refractivity (Wildman–Crippen MR) is 118 cm³/mol. The topological polar surface area (TPSA) is 0 Å². The molecule has 0 nitrogen and oxygen atoms in total. The summed E-state index contributed by atoms with van der Waals surface area (Å²) >= 11 is 0. The van der Waals surface area contributed by atoms with Crippen LogP contribution in [0.4, 0.5) is 0 Å². The van der Waals surface area contributed by atoms with Gasteiger partial charge in [0.05, 0.1) is 0 Å². The quantitative estimate of drug-likeness (QED) is 0.459. The van der Waals surface area contributed by atoms with Crippen molar-refractivity contribution >= 4 is 0 Å². The van der Waals surface area contributed by atoms with E-state index in [9.17, 15) is 0 Å². The maximum Gasteiger partial charge on any atom is -0.00477 e. The minimum Gasteiger partial charge on any atom is -0.0837 e. The second kappa shape index (κ2) is 7.38. The summed E-state index contributed by atoms with van der Waals surface area (Å²) in [6.45, 7) is 12.7. The van der Waals surface area contributed by atoms with Gasteiger partial charge in [0.2, 0.25) is 0 Å². The van der Waals surface area contributed by atoms with Crippen molar-refractivity contribution in [1.82, 2.24) is 0 Å². The zero-order chi connectivity index (χ0) is 19.2. The molecule has 0 aromatic rings. The third-order valence-corrected chi connectivity index (χ3v) is 9.91. The maximum atomic E-state index is 2.72.